The lowest BCUT2D eigenvalue weighted by atomic mass is 10.1. The third-order valence-electron chi connectivity index (χ3n) is 5.57. The number of rotatable bonds is 14. The van der Waals surface area contributed by atoms with E-state index < -0.39 is 6.04 Å². The minimum absolute atomic E-state index is 0.0710. The standard InChI is InChI=1S/C28H39ClN2O4/c1-6-24(28(33)30-18-20(4)5)31(19-22-9-13-23(29)14-10-22)27(32)16-12-21-11-15-25(34-7-2)26(17-21)35-8-3/h9-11,13-15,17,20,24H,6-8,12,16,18-19H2,1-5H3,(H,30,33)/t24-/m0/s1. The molecule has 192 valence electrons. The van der Waals surface area contributed by atoms with Crippen molar-refractivity contribution in [2.45, 2.75) is 66.5 Å². The zero-order valence-electron chi connectivity index (χ0n) is 21.6. The van der Waals surface area contributed by atoms with Gasteiger partial charge in [0.1, 0.15) is 6.04 Å². The van der Waals surface area contributed by atoms with Gasteiger partial charge in [-0.15, -0.1) is 0 Å². The van der Waals surface area contributed by atoms with Crippen molar-refractivity contribution in [3.63, 3.8) is 0 Å². The van der Waals surface area contributed by atoms with Gasteiger partial charge in [0.25, 0.3) is 0 Å². The summed E-state index contributed by atoms with van der Waals surface area (Å²) in [4.78, 5) is 28.2. The van der Waals surface area contributed by atoms with Crippen molar-refractivity contribution < 1.29 is 19.1 Å². The minimum Gasteiger partial charge on any atom is -0.490 e. The molecule has 35 heavy (non-hydrogen) atoms. The highest BCUT2D eigenvalue weighted by Crippen LogP contribution is 2.29. The van der Waals surface area contributed by atoms with Crippen molar-refractivity contribution in [3.8, 4) is 11.5 Å². The molecule has 0 saturated carbocycles. The highest BCUT2D eigenvalue weighted by Gasteiger charge is 2.28. The van der Waals surface area contributed by atoms with E-state index in [1.807, 2.05) is 65.0 Å². The molecule has 0 bridgehead atoms. The normalized spacial score (nSPS) is 11.7. The third kappa shape index (κ3) is 9.10. The van der Waals surface area contributed by atoms with E-state index in [0.717, 1.165) is 11.1 Å². The maximum absolute atomic E-state index is 13.5. The Balaban J connectivity index is 2.21. The number of aryl methyl sites for hydroxylation is 1. The molecular weight excluding hydrogens is 464 g/mol. The first-order valence-corrected chi connectivity index (χ1v) is 12.9. The van der Waals surface area contributed by atoms with Crippen molar-refractivity contribution in [3.05, 3.63) is 58.6 Å². The quantitative estimate of drug-likeness (QED) is 0.362. The lowest BCUT2D eigenvalue weighted by molar-refractivity contribution is -0.141. The number of nitrogens with zero attached hydrogens (tertiary/aromatic N) is 1. The lowest BCUT2D eigenvalue weighted by Gasteiger charge is -2.31. The average Bonchev–Trinajstić information content (AvgIpc) is 2.84. The molecule has 0 heterocycles. The number of amides is 2. The number of halogens is 1. The molecule has 2 aromatic carbocycles. The van der Waals surface area contributed by atoms with Crippen LogP contribution < -0.4 is 14.8 Å². The van der Waals surface area contributed by atoms with Crippen molar-refractivity contribution in [2.75, 3.05) is 19.8 Å². The molecule has 0 unspecified atom stereocenters. The monoisotopic (exact) mass is 502 g/mol. The van der Waals surface area contributed by atoms with Crippen LogP contribution in [-0.2, 0) is 22.6 Å². The highest BCUT2D eigenvalue weighted by molar-refractivity contribution is 6.30. The van der Waals surface area contributed by atoms with E-state index in [1.54, 1.807) is 17.0 Å². The van der Waals surface area contributed by atoms with Gasteiger partial charge in [-0.2, -0.15) is 0 Å². The van der Waals surface area contributed by atoms with Gasteiger partial charge in [0.15, 0.2) is 11.5 Å². The highest BCUT2D eigenvalue weighted by atomic mass is 35.5. The predicted molar refractivity (Wildman–Crippen MR) is 141 cm³/mol. The molecule has 0 saturated heterocycles. The number of carbonyl (C=O) groups excluding carboxylic acids is 2. The largest absolute Gasteiger partial charge is 0.490 e. The fraction of sp³-hybridized carbons (Fsp3) is 0.500. The summed E-state index contributed by atoms with van der Waals surface area (Å²) in [7, 11) is 0. The number of hydrogen-bond donors (Lipinski definition) is 1. The van der Waals surface area contributed by atoms with Crippen molar-refractivity contribution in [2.24, 2.45) is 5.92 Å². The van der Waals surface area contributed by atoms with Crippen LogP contribution in [0.1, 0.15) is 58.6 Å². The Morgan fingerprint density at radius 3 is 2.17 bits per heavy atom. The van der Waals surface area contributed by atoms with Crippen LogP contribution in [0, 0.1) is 5.92 Å². The number of hydrogen-bond acceptors (Lipinski definition) is 4. The molecule has 2 rings (SSSR count). The number of nitrogens with one attached hydrogen (secondary N) is 1. The van der Waals surface area contributed by atoms with Gasteiger partial charge in [-0.3, -0.25) is 9.59 Å². The zero-order chi connectivity index (χ0) is 25.8. The van der Waals surface area contributed by atoms with Gasteiger partial charge in [-0.1, -0.05) is 50.6 Å². The summed E-state index contributed by atoms with van der Waals surface area (Å²) >= 11 is 6.04. The summed E-state index contributed by atoms with van der Waals surface area (Å²) in [6, 6.07) is 12.6. The van der Waals surface area contributed by atoms with E-state index in [0.29, 0.717) is 61.6 Å². The number of benzene rings is 2. The van der Waals surface area contributed by atoms with Crippen molar-refractivity contribution >= 4 is 23.4 Å². The first kappa shape index (κ1) is 28.5. The Bertz CT molecular complexity index is 946. The molecule has 6 nitrogen and oxygen atoms in total. The second-order valence-corrected chi connectivity index (χ2v) is 9.29. The van der Waals surface area contributed by atoms with Crippen LogP contribution in [0.3, 0.4) is 0 Å². The SMILES string of the molecule is CCOc1ccc(CCC(=O)N(Cc2ccc(Cl)cc2)[C@@H](CC)C(=O)NCC(C)C)cc1OCC. The molecule has 1 N–H and O–H groups in total. The molecule has 2 aromatic rings. The van der Waals surface area contributed by atoms with Crippen LogP contribution in [-0.4, -0.2) is 42.5 Å². The topological polar surface area (TPSA) is 67.9 Å². The van der Waals surface area contributed by atoms with E-state index in [-0.39, 0.29) is 18.2 Å². The average molecular weight is 503 g/mol. The fourth-order valence-corrected chi connectivity index (χ4v) is 3.90. The second kappa shape index (κ2) is 14.6. The molecule has 0 aromatic heterocycles. The van der Waals surface area contributed by atoms with Crippen molar-refractivity contribution in [1.29, 1.82) is 0 Å². The maximum atomic E-state index is 13.5. The molecule has 0 aliphatic carbocycles. The second-order valence-electron chi connectivity index (χ2n) is 8.86. The van der Waals surface area contributed by atoms with Crippen LogP contribution >= 0.6 is 11.6 Å². The molecule has 0 aliphatic heterocycles. The van der Waals surface area contributed by atoms with Crippen LogP contribution in [0.15, 0.2) is 42.5 Å². The molecule has 0 radical (unpaired) electrons. The number of ether oxygens (including phenoxy) is 2. The Hall–Kier alpha value is -2.73. The predicted octanol–water partition coefficient (Wildman–Crippen LogP) is 5.65. The fourth-order valence-electron chi connectivity index (χ4n) is 3.77. The molecular formula is C28H39ClN2O4. The summed E-state index contributed by atoms with van der Waals surface area (Å²) in [5.74, 6) is 1.51. The third-order valence-corrected chi connectivity index (χ3v) is 5.82. The van der Waals surface area contributed by atoms with E-state index in [4.69, 9.17) is 21.1 Å². The molecule has 7 heteroatoms. The molecule has 0 fully saturated rings. The van der Waals surface area contributed by atoms with Gasteiger partial charge < -0.3 is 19.7 Å². The maximum Gasteiger partial charge on any atom is 0.242 e. The summed E-state index contributed by atoms with van der Waals surface area (Å²) in [5.41, 5.74) is 1.91. The molecule has 1 atom stereocenters. The molecule has 0 aliphatic rings. The zero-order valence-corrected chi connectivity index (χ0v) is 22.4. The van der Waals surface area contributed by atoms with Crippen LogP contribution in [0.2, 0.25) is 5.02 Å². The van der Waals surface area contributed by atoms with Gasteiger partial charge in [0.2, 0.25) is 11.8 Å². The summed E-state index contributed by atoms with van der Waals surface area (Å²) in [5, 5.41) is 3.63. The Morgan fingerprint density at radius 1 is 0.943 bits per heavy atom. The Kier molecular flexibility index (Phi) is 11.9. The summed E-state index contributed by atoms with van der Waals surface area (Å²) in [6.45, 7) is 11.9. The van der Waals surface area contributed by atoms with E-state index >= 15 is 0 Å². The summed E-state index contributed by atoms with van der Waals surface area (Å²) < 4.78 is 11.4. The first-order valence-electron chi connectivity index (χ1n) is 12.5. The van der Waals surface area contributed by atoms with E-state index in [1.165, 1.54) is 0 Å². The number of carbonyl (C=O) groups is 2. The van der Waals surface area contributed by atoms with Crippen LogP contribution in [0.25, 0.3) is 0 Å². The van der Waals surface area contributed by atoms with Gasteiger partial charge in [-0.05, 0) is 68.0 Å². The summed E-state index contributed by atoms with van der Waals surface area (Å²) in [6.07, 6.45) is 1.34. The Labute approximate surface area is 214 Å². The van der Waals surface area contributed by atoms with Crippen molar-refractivity contribution in [1.82, 2.24) is 10.2 Å². The van der Waals surface area contributed by atoms with Gasteiger partial charge in [0, 0.05) is 24.5 Å². The van der Waals surface area contributed by atoms with E-state index in [9.17, 15) is 9.59 Å². The minimum atomic E-state index is -0.545. The van der Waals surface area contributed by atoms with Gasteiger partial charge in [0.05, 0.1) is 13.2 Å². The molecule has 0 spiro atoms. The first-order chi connectivity index (χ1) is 16.8. The Morgan fingerprint density at radius 2 is 1.57 bits per heavy atom. The van der Waals surface area contributed by atoms with Crippen LogP contribution in [0.5, 0.6) is 11.5 Å². The van der Waals surface area contributed by atoms with E-state index in [2.05, 4.69) is 5.32 Å². The van der Waals surface area contributed by atoms with Gasteiger partial charge >= 0.3 is 0 Å². The molecule has 2 amide bonds. The smallest absolute Gasteiger partial charge is 0.242 e. The van der Waals surface area contributed by atoms with Gasteiger partial charge in [-0.25, -0.2) is 0 Å². The lowest BCUT2D eigenvalue weighted by Crippen LogP contribution is -2.49. The van der Waals surface area contributed by atoms with Crippen LogP contribution in [0.4, 0.5) is 0 Å².